The van der Waals surface area contributed by atoms with Gasteiger partial charge in [-0.2, -0.15) is 0 Å². The molecule has 0 aliphatic carbocycles. The Kier molecular flexibility index (Phi) is 5.08. The van der Waals surface area contributed by atoms with Crippen LogP contribution in [0.25, 0.3) is 0 Å². The number of hydrogen-bond donors (Lipinski definition) is 2. The van der Waals surface area contributed by atoms with Crippen LogP contribution in [0.1, 0.15) is 32.8 Å². The van der Waals surface area contributed by atoms with Gasteiger partial charge in [0.15, 0.2) is 0 Å². The van der Waals surface area contributed by atoms with E-state index in [-0.39, 0.29) is 0 Å². The van der Waals surface area contributed by atoms with Crippen LogP contribution in [0, 0.1) is 5.92 Å². The molecule has 1 aromatic rings. The van der Waals surface area contributed by atoms with E-state index in [9.17, 15) is 0 Å². The molecule has 1 unspecified atom stereocenters. The highest BCUT2D eigenvalue weighted by Crippen LogP contribution is 2.28. The third kappa shape index (κ3) is 4.43. The van der Waals surface area contributed by atoms with Gasteiger partial charge in [0.1, 0.15) is 12.4 Å². The smallest absolute Gasteiger partial charge is 0.142 e. The largest absolute Gasteiger partial charge is 0.490 e. The summed E-state index contributed by atoms with van der Waals surface area (Å²) < 4.78 is 5.60. The van der Waals surface area contributed by atoms with E-state index >= 15 is 0 Å². The summed E-state index contributed by atoms with van der Waals surface area (Å²) in [6.45, 7) is 9.55. The van der Waals surface area contributed by atoms with Gasteiger partial charge in [0, 0.05) is 12.6 Å². The van der Waals surface area contributed by atoms with Crippen LogP contribution >= 0.6 is 0 Å². The molecule has 0 fully saturated rings. The molecule has 2 rings (SSSR count). The highest BCUT2D eigenvalue weighted by atomic mass is 16.5. The van der Waals surface area contributed by atoms with Crippen LogP contribution in [-0.4, -0.2) is 25.7 Å². The predicted molar refractivity (Wildman–Crippen MR) is 81.1 cm³/mol. The molecule has 1 heterocycles. The summed E-state index contributed by atoms with van der Waals surface area (Å²) in [5.74, 6) is 1.75. The van der Waals surface area contributed by atoms with Gasteiger partial charge in [-0.1, -0.05) is 19.9 Å². The monoisotopic (exact) mass is 262 g/mol. The molecule has 2 N–H and O–H groups in total. The van der Waals surface area contributed by atoms with Crippen LogP contribution in [0.3, 0.4) is 0 Å². The average Bonchev–Trinajstić information content (AvgIpc) is 2.38. The van der Waals surface area contributed by atoms with Crippen molar-refractivity contribution < 1.29 is 4.74 Å². The van der Waals surface area contributed by atoms with Crippen molar-refractivity contribution in [1.82, 2.24) is 5.32 Å². The van der Waals surface area contributed by atoms with E-state index in [1.54, 1.807) is 0 Å². The Labute approximate surface area is 116 Å². The molecule has 3 nitrogen and oxygen atoms in total. The first kappa shape index (κ1) is 14.2. The Morgan fingerprint density at radius 3 is 2.95 bits per heavy atom. The Bertz CT molecular complexity index is 404. The Morgan fingerprint density at radius 1 is 1.32 bits per heavy atom. The van der Waals surface area contributed by atoms with E-state index in [0.717, 1.165) is 43.5 Å². The molecule has 0 saturated carbocycles. The molecule has 106 valence electrons. The highest BCUT2D eigenvalue weighted by molar-refractivity contribution is 5.59. The van der Waals surface area contributed by atoms with Crippen LogP contribution in [-0.2, 0) is 6.42 Å². The number of rotatable bonds is 6. The standard InChI is InChI=1S/C16H26N2O/c1-12(2)6-7-17-13(3)10-14-4-5-16-15(11-14)18-8-9-19-16/h4-5,11-13,17-18H,6-10H2,1-3H3. The van der Waals surface area contributed by atoms with E-state index in [2.05, 4.69) is 49.6 Å². The SMILES string of the molecule is CC(C)CCNC(C)Cc1ccc2c(c1)NCCO2. The number of benzene rings is 1. The molecule has 0 amide bonds. The summed E-state index contributed by atoms with van der Waals surface area (Å²) in [4.78, 5) is 0. The van der Waals surface area contributed by atoms with Crippen molar-refractivity contribution in [3.63, 3.8) is 0 Å². The first-order valence-corrected chi connectivity index (χ1v) is 7.38. The molecule has 1 aliphatic rings. The van der Waals surface area contributed by atoms with Crippen molar-refractivity contribution in [3.05, 3.63) is 23.8 Å². The minimum absolute atomic E-state index is 0.515. The topological polar surface area (TPSA) is 33.3 Å². The van der Waals surface area contributed by atoms with E-state index in [4.69, 9.17) is 4.74 Å². The van der Waals surface area contributed by atoms with Gasteiger partial charge in [-0.25, -0.2) is 0 Å². The lowest BCUT2D eigenvalue weighted by molar-refractivity contribution is 0.323. The van der Waals surface area contributed by atoms with Crippen molar-refractivity contribution in [2.24, 2.45) is 5.92 Å². The summed E-state index contributed by atoms with van der Waals surface area (Å²) in [6.07, 6.45) is 2.30. The molecule has 0 saturated heterocycles. The molecule has 0 radical (unpaired) electrons. The maximum atomic E-state index is 5.60. The minimum Gasteiger partial charge on any atom is -0.490 e. The van der Waals surface area contributed by atoms with Gasteiger partial charge in [0.25, 0.3) is 0 Å². The molecular weight excluding hydrogens is 236 g/mol. The minimum atomic E-state index is 0.515. The second kappa shape index (κ2) is 6.80. The molecule has 0 aromatic heterocycles. The van der Waals surface area contributed by atoms with Gasteiger partial charge in [-0.15, -0.1) is 0 Å². The van der Waals surface area contributed by atoms with Gasteiger partial charge >= 0.3 is 0 Å². The van der Waals surface area contributed by atoms with Gasteiger partial charge < -0.3 is 15.4 Å². The maximum absolute atomic E-state index is 5.60. The lowest BCUT2D eigenvalue weighted by atomic mass is 10.0. The van der Waals surface area contributed by atoms with Crippen molar-refractivity contribution in [2.45, 2.75) is 39.7 Å². The van der Waals surface area contributed by atoms with Crippen LogP contribution in [0.15, 0.2) is 18.2 Å². The lowest BCUT2D eigenvalue weighted by Gasteiger charge is -2.21. The van der Waals surface area contributed by atoms with E-state index in [0.29, 0.717) is 6.04 Å². The lowest BCUT2D eigenvalue weighted by Crippen LogP contribution is -2.29. The zero-order valence-electron chi connectivity index (χ0n) is 12.3. The summed E-state index contributed by atoms with van der Waals surface area (Å²) in [7, 11) is 0. The van der Waals surface area contributed by atoms with Gasteiger partial charge in [-0.05, 0) is 49.9 Å². The second-order valence-electron chi connectivity index (χ2n) is 5.85. The number of anilines is 1. The van der Waals surface area contributed by atoms with Crippen molar-refractivity contribution in [1.29, 1.82) is 0 Å². The Hall–Kier alpha value is -1.22. The predicted octanol–water partition coefficient (Wildman–Crippen LogP) is 3.06. The first-order chi connectivity index (χ1) is 9.15. The normalized spacial score (nSPS) is 15.6. The third-order valence-corrected chi connectivity index (χ3v) is 3.48. The highest BCUT2D eigenvalue weighted by Gasteiger charge is 2.11. The van der Waals surface area contributed by atoms with Crippen LogP contribution < -0.4 is 15.4 Å². The molecule has 1 atom stereocenters. The van der Waals surface area contributed by atoms with Gasteiger partial charge in [-0.3, -0.25) is 0 Å². The average molecular weight is 262 g/mol. The molecule has 0 bridgehead atoms. The van der Waals surface area contributed by atoms with Crippen LogP contribution in [0.4, 0.5) is 5.69 Å². The molecule has 0 spiro atoms. The number of ether oxygens (including phenoxy) is 1. The number of nitrogens with one attached hydrogen (secondary N) is 2. The Balaban J connectivity index is 1.85. The molecule has 1 aromatic carbocycles. The van der Waals surface area contributed by atoms with E-state index in [1.807, 2.05) is 0 Å². The fourth-order valence-corrected chi connectivity index (χ4v) is 2.36. The van der Waals surface area contributed by atoms with E-state index in [1.165, 1.54) is 12.0 Å². The fourth-order valence-electron chi connectivity index (χ4n) is 2.36. The van der Waals surface area contributed by atoms with Crippen LogP contribution in [0.2, 0.25) is 0 Å². The van der Waals surface area contributed by atoms with Crippen molar-refractivity contribution >= 4 is 5.69 Å². The molecule has 3 heteroatoms. The molecular formula is C16H26N2O. The molecule has 1 aliphatic heterocycles. The maximum Gasteiger partial charge on any atom is 0.142 e. The van der Waals surface area contributed by atoms with Crippen LogP contribution in [0.5, 0.6) is 5.75 Å². The third-order valence-electron chi connectivity index (χ3n) is 3.48. The molecule has 19 heavy (non-hydrogen) atoms. The quantitative estimate of drug-likeness (QED) is 0.826. The van der Waals surface area contributed by atoms with E-state index < -0.39 is 0 Å². The Morgan fingerprint density at radius 2 is 2.16 bits per heavy atom. The van der Waals surface area contributed by atoms with Crippen molar-refractivity contribution in [3.8, 4) is 5.75 Å². The first-order valence-electron chi connectivity index (χ1n) is 7.38. The summed E-state index contributed by atoms with van der Waals surface area (Å²) in [5, 5.41) is 6.98. The van der Waals surface area contributed by atoms with Gasteiger partial charge in [0.2, 0.25) is 0 Å². The summed E-state index contributed by atoms with van der Waals surface area (Å²) in [6, 6.07) is 6.99. The zero-order chi connectivity index (χ0) is 13.7. The van der Waals surface area contributed by atoms with Crippen molar-refractivity contribution in [2.75, 3.05) is 25.0 Å². The summed E-state index contributed by atoms with van der Waals surface area (Å²) in [5.41, 5.74) is 2.50. The second-order valence-corrected chi connectivity index (χ2v) is 5.85. The zero-order valence-corrected chi connectivity index (χ0v) is 12.3. The summed E-state index contributed by atoms with van der Waals surface area (Å²) >= 11 is 0. The number of fused-ring (bicyclic) bond motifs is 1. The number of hydrogen-bond acceptors (Lipinski definition) is 3. The fraction of sp³-hybridized carbons (Fsp3) is 0.625. The van der Waals surface area contributed by atoms with Gasteiger partial charge in [0.05, 0.1) is 5.69 Å².